The maximum Gasteiger partial charge on any atom is 0.127 e. The molecule has 0 aromatic heterocycles. The maximum absolute atomic E-state index is 14.0. The van der Waals surface area contributed by atoms with Gasteiger partial charge in [-0.2, -0.15) is 0 Å². The van der Waals surface area contributed by atoms with E-state index in [9.17, 15) is 4.39 Å². The summed E-state index contributed by atoms with van der Waals surface area (Å²) in [6, 6.07) is 11.8. The van der Waals surface area contributed by atoms with E-state index in [0.717, 1.165) is 10.0 Å². The highest BCUT2D eigenvalue weighted by Crippen LogP contribution is 2.25. The molecule has 0 spiro atoms. The van der Waals surface area contributed by atoms with Crippen molar-refractivity contribution in [3.63, 3.8) is 0 Å². The van der Waals surface area contributed by atoms with Gasteiger partial charge in [0, 0.05) is 10.5 Å². The minimum atomic E-state index is -0.162. The quantitative estimate of drug-likeness (QED) is 0.853. The van der Waals surface area contributed by atoms with Crippen molar-refractivity contribution in [3.8, 4) is 0 Å². The van der Waals surface area contributed by atoms with Gasteiger partial charge in [-0.25, -0.2) is 4.39 Å². The highest BCUT2D eigenvalue weighted by atomic mass is 79.9. The van der Waals surface area contributed by atoms with Crippen LogP contribution < -0.4 is 5.32 Å². The van der Waals surface area contributed by atoms with E-state index in [2.05, 4.69) is 53.3 Å². The maximum atomic E-state index is 14.0. The molecule has 0 aliphatic carbocycles. The van der Waals surface area contributed by atoms with Crippen LogP contribution >= 0.6 is 15.9 Å². The molecule has 0 saturated heterocycles. The van der Waals surface area contributed by atoms with Gasteiger partial charge in [0.15, 0.2) is 0 Å². The zero-order chi connectivity index (χ0) is 14.7. The first-order valence-electron chi connectivity index (χ1n) is 6.69. The number of hydrogen-bond donors (Lipinski definition) is 1. The summed E-state index contributed by atoms with van der Waals surface area (Å²) in [5.74, 6) is -0.162. The fourth-order valence-electron chi connectivity index (χ4n) is 2.41. The van der Waals surface area contributed by atoms with Gasteiger partial charge in [0.1, 0.15) is 5.82 Å². The van der Waals surface area contributed by atoms with Crippen molar-refractivity contribution in [2.75, 3.05) is 7.05 Å². The Kier molecular flexibility index (Phi) is 4.95. The molecule has 2 aromatic rings. The number of halogens is 2. The molecule has 0 aliphatic rings. The number of likely N-dealkylation sites (N-methyl/N-ethyl adjacent to an activating group) is 1. The van der Waals surface area contributed by atoms with Crippen LogP contribution in [0.3, 0.4) is 0 Å². The Morgan fingerprint density at radius 3 is 2.55 bits per heavy atom. The van der Waals surface area contributed by atoms with Crippen molar-refractivity contribution in [3.05, 3.63) is 68.9 Å². The smallest absolute Gasteiger partial charge is 0.127 e. The van der Waals surface area contributed by atoms with Crippen molar-refractivity contribution in [2.24, 2.45) is 0 Å². The SMILES string of the molecule is CNC(Cc1ccc(Br)cc1F)c1cc(C)ccc1C. The molecule has 0 saturated carbocycles. The molecule has 2 rings (SSSR count). The van der Waals surface area contributed by atoms with Crippen LogP contribution in [0.5, 0.6) is 0 Å². The van der Waals surface area contributed by atoms with E-state index in [1.165, 1.54) is 22.8 Å². The molecular formula is C17H19BrFN. The summed E-state index contributed by atoms with van der Waals surface area (Å²) in [6.07, 6.45) is 0.639. The molecule has 106 valence electrons. The lowest BCUT2D eigenvalue weighted by Gasteiger charge is -2.20. The third kappa shape index (κ3) is 3.47. The Labute approximate surface area is 128 Å². The highest BCUT2D eigenvalue weighted by molar-refractivity contribution is 9.10. The molecule has 0 bridgehead atoms. The van der Waals surface area contributed by atoms with Gasteiger partial charge in [-0.15, -0.1) is 0 Å². The standard InChI is InChI=1S/C17H19BrFN/c1-11-4-5-12(2)15(8-11)17(20-3)9-13-6-7-14(18)10-16(13)19/h4-8,10,17,20H,9H2,1-3H3. The van der Waals surface area contributed by atoms with E-state index in [-0.39, 0.29) is 11.9 Å². The topological polar surface area (TPSA) is 12.0 Å². The summed E-state index contributed by atoms with van der Waals surface area (Å²) in [5.41, 5.74) is 4.41. The third-order valence-electron chi connectivity index (χ3n) is 3.60. The van der Waals surface area contributed by atoms with E-state index in [4.69, 9.17) is 0 Å². The van der Waals surface area contributed by atoms with Gasteiger partial charge < -0.3 is 5.32 Å². The first-order valence-corrected chi connectivity index (χ1v) is 7.49. The van der Waals surface area contributed by atoms with Crippen LogP contribution in [0.15, 0.2) is 40.9 Å². The van der Waals surface area contributed by atoms with Gasteiger partial charge in [-0.1, -0.05) is 45.8 Å². The first-order chi connectivity index (χ1) is 9.51. The molecule has 1 N–H and O–H groups in total. The summed E-state index contributed by atoms with van der Waals surface area (Å²) in [5, 5.41) is 3.30. The predicted octanol–water partition coefficient (Wildman–Crippen LogP) is 4.71. The van der Waals surface area contributed by atoms with Crippen LogP contribution in [0.1, 0.15) is 28.3 Å². The molecular weight excluding hydrogens is 317 g/mol. The molecule has 1 nitrogen and oxygen atoms in total. The number of aryl methyl sites for hydroxylation is 2. The van der Waals surface area contributed by atoms with Crippen LogP contribution in [0.2, 0.25) is 0 Å². The number of benzene rings is 2. The van der Waals surface area contributed by atoms with Gasteiger partial charge in [0.2, 0.25) is 0 Å². The van der Waals surface area contributed by atoms with Crippen LogP contribution in [-0.4, -0.2) is 7.05 Å². The van der Waals surface area contributed by atoms with Gasteiger partial charge in [-0.05, 0) is 56.1 Å². The molecule has 0 aliphatic heterocycles. The highest BCUT2D eigenvalue weighted by Gasteiger charge is 2.15. The number of hydrogen-bond acceptors (Lipinski definition) is 1. The van der Waals surface area contributed by atoms with E-state index in [1.54, 1.807) is 0 Å². The molecule has 0 heterocycles. The third-order valence-corrected chi connectivity index (χ3v) is 4.09. The van der Waals surface area contributed by atoms with Crippen LogP contribution in [0.4, 0.5) is 4.39 Å². The van der Waals surface area contributed by atoms with Gasteiger partial charge in [0.25, 0.3) is 0 Å². The molecule has 0 radical (unpaired) electrons. The average Bonchev–Trinajstić information content (AvgIpc) is 2.41. The molecule has 0 fully saturated rings. The fraction of sp³-hybridized carbons (Fsp3) is 0.294. The van der Waals surface area contributed by atoms with Gasteiger partial charge in [-0.3, -0.25) is 0 Å². The van der Waals surface area contributed by atoms with Crippen LogP contribution in [0, 0.1) is 19.7 Å². The van der Waals surface area contributed by atoms with Crippen LogP contribution in [-0.2, 0) is 6.42 Å². The van der Waals surface area contributed by atoms with Gasteiger partial charge in [0.05, 0.1) is 0 Å². The van der Waals surface area contributed by atoms with Crippen molar-refractivity contribution < 1.29 is 4.39 Å². The Morgan fingerprint density at radius 2 is 1.90 bits per heavy atom. The molecule has 3 heteroatoms. The summed E-state index contributed by atoms with van der Waals surface area (Å²) in [4.78, 5) is 0. The zero-order valence-corrected chi connectivity index (χ0v) is 13.6. The lowest BCUT2D eigenvalue weighted by atomic mass is 9.94. The Bertz CT molecular complexity index is 610. The van der Waals surface area contributed by atoms with E-state index >= 15 is 0 Å². The van der Waals surface area contributed by atoms with Gasteiger partial charge >= 0.3 is 0 Å². The monoisotopic (exact) mass is 335 g/mol. The number of rotatable bonds is 4. The minimum Gasteiger partial charge on any atom is -0.313 e. The molecule has 1 atom stereocenters. The Morgan fingerprint density at radius 1 is 1.15 bits per heavy atom. The average molecular weight is 336 g/mol. The fourth-order valence-corrected chi connectivity index (χ4v) is 2.74. The summed E-state index contributed by atoms with van der Waals surface area (Å²) in [6.45, 7) is 4.17. The second kappa shape index (κ2) is 6.51. The van der Waals surface area contributed by atoms with E-state index in [1.807, 2.05) is 19.2 Å². The Hall–Kier alpha value is -1.19. The second-order valence-corrected chi connectivity index (χ2v) is 6.06. The van der Waals surface area contributed by atoms with Crippen molar-refractivity contribution >= 4 is 15.9 Å². The lowest BCUT2D eigenvalue weighted by Crippen LogP contribution is -2.20. The molecule has 0 amide bonds. The summed E-state index contributed by atoms with van der Waals surface area (Å²) >= 11 is 3.29. The molecule has 1 unspecified atom stereocenters. The second-order valence-electron chi connectivity index (χ2n) is 5.14. The van der Waals surface area contributed by atoms with Crippen molar-refractivity contribution in [2.45, 2.75) is 26.3 Å². The summed E-state index contributed by atoms with van der Waals surface area (Å²) < 4.78 is 14.8. The first kappa shape index (κ1) is 15.2. The zero-order valence-electron chi connectivity index (χ0n) is 12.0. The number of nitrogens with one attached hydrogen (secondary N) is 1. The molecule has 20 heavy (non-hydrogen) atoms. The van der Waals surface area contributed by atoms with E-state index < -0.39 is 0 Å². The largest absolute Gasteiger partial charge is 0.313 e. The molecule has 2 aromatic carbocycles. The van der Waals surface area contributed by atoms with Crippen molar-refractivity contribution in [1.82, 2.24) is 5.32 Å². The minimum absolute atomic E-state index is 0.116. The van der Waals surface area contributed by atoms with E-state index in [0.29, 0.717) is 6.42 Å². The van der Waals surface area contributed by atoms with Crippen molar-refractivity contribution in [1.29, 1.82) is 0 Å². The van der Waals surface area contributed by atoms with Crippen LogP contribution in [0.25, 0.3) is 0 Å². The predicted molar refractivity (Wildman–Crippen MR) is 85.5 cm³/mol. The summed E-state index contributed by atoms with van der Waals surface area (Å²) in [7, 11) is 1.92. The Balaban J connectivity index is 2.31. The lowest BCUT2D eigenvalue weighted by molar-refractivity contribution is 0.552. The normalized spacial score (nSPS) is 12.4.